The number of nitrogens with zero attached hydrogens (tertiary/aromatic N) is 4. The van der Waals surface area contributed by atoms with Gasteiger partial charge in [-0.2, -0.15) is 0 Å². The van der Waals surface area contributed by atoms with Crippen molar-refractivity contribution in [1.29, 1.82) is 0 Å². The van der Waals surface area contributed by atoms with Crippen molar-refractivity contribution < 1.29 is 5.11 Å². The van der Waals surface area contributed by atoms with E-state index >= 15 is 0 Å². The monoisotopic (exact) mass is 237 g/mol. The highest BCUT2D eigenvalue weighted by molar-refractivity contribution is 5.62. The SMILES string of the molecule is CN(C)CC1CC(O)CN1c1ncncc1N. The third-order valence-electron chi connectivity index (χ3n) is 2.96. The van der Waals surface area contributed by atoms with Crippen LogP contribution in [0.2, 0.25) is 0 Å². The van der Waals surface area contributed by atoms with Crippen LogP contribution in [0.4, 0.5) is 11.5 Å². The molecule has 94 valence electrons. The second kappa shape index (κ2) is 4.85. The van der Waals surface area contributed by atoms with Crippen molar-refractivity contribution in [3.05, 3.63) is 12.5 Å². The number of nitrogen functional groups attached to an aromatic ring is 1. The summed E-state index contributed by atoms with van der Waals surface area (Å²) in [6, 6.07) is 0.247. The maximum absolute atomic E-state index is 9.79. The van der Waals surface area contributed by atoms with Gasteiger partial charge >= 0.3 is 0 Å². The largest absolute Gasteiger partial charge is 0.394 e. The molecule has 2 unspecified atom stereocenters. The zero-order chi connectivity index (χ0) is 12.4. The van der Waals surface area contributed by atoms with E-state index in [2.05, 4.69) is 19.8 Å². The van der Waals surface area contributed by atoms with Gasteiger partial charge in [-0.15, -0.1) is 0 Å². The Bertz CT molecular complexity index is 384. The first-order valence-corrected chi connectivity index (χ1v) is 5.73. The van der Waals surface area contributed by atoms with Crippen molar-refractivity contribution in [2.24, 2.45) is 0 Å². The lowest BCUT2D eigenvalue weighted by Gasteiger charge is -2.28. The predicted octanol–water partition coefficient (Wildman–Crippen LogP) is -0.440. The van der Waals surface area contributed by atoms with Crippen molar-refractivity contribution in [2.75, 3.05) is 37.8 Å². The van der Waals surface area contributed by atoms with Crippen LogP contribution in [0.15, 0.2) is 12.5 Å². The van der Waals surface area contributed by atoms with Gasteiger partial charge in [-0.3, -0.25) is 0 Å². The van der Waals surface area contributed by atoms with Gasteiger partial charge in [0.1, 0.15) is 6.33 Å². The fourth-order valence-electron chi connectivity index (χ4n) is 2.32. The molecule has 0 spiro atoms. The Morgan fingerprint density at radius 3 is 3.00 bits per heavy atom. The molecule has 2 heterocycles. The summed E-state index contributed by atoms with van der Waals surface area (Å²) in [5.41, 5.74) is 6.44. The number of rotatable bonds is 3. The van der Waals surface area contributed by atoms with E-state index < -0.39 is 0 Å². The third kappa shape index (κ3) is 2.65. The third-order valence-corrected chi connectivity index (χ3v) is 2.96. The minimum absolute atomic E-state index is 0.247. The van der Waals surface area contributed by atoms with Crippen LogP contribution in [0, 0.1) is 0 Å². The molecule has 6 heteroatoms. The molecule has 6 nitrogen and oxygen atoms in total. The molecule has 2 atom stereocenters. The molecule has 0 aliphatic carbocycles. The molecule has 0 aromatic carbocycles. The smallest absolute Gasteiger partial charge is 0.155 e. The lowest BCUT2D eigenvalue weighted by molar-refractivity contribution is 0.191. The maximum atomic E-state index is 9.79. The first-order valence-electron chi connectivity index (χ1n) is 5.73. The van der Waals surface area contributed by atoms with Gasteiger partial charge in [-0.25, -0.2) is 9.97 Å². The van der Waals surface area contributed by atoms with E-state index in [1.165, 1.54) is 6.33 Å². The van der Waals surface area contributed by atoms with Crippen molar-refractivity contribution in [3.63, 3.8) is 0 Å². The number of aromatic nitrogens is 2. The molecule has 1 fully saturated rings. The van der Waals surface area contributed by atoms with E-state index in [4.69, 9.17) is 5.73 Å². The number of likely N-dealkylation sites (N-methyl/N-ethyl adjacent to an activating group) is 1. The molecule has 1 saturated heterocycles. The van der Waals surface area contributed by atoms with Crippen molar-refractivity contribution in [2.45, 2.75) is 18.6 Å². The zero-order valence-electron chi connectivity index (χ0n) is 10.2. The van der Waals surface area contributed by atoms with Gasteiger partial charge in [-0.05, 0) is 20.5 Å². The summed E-state index contributed by atoms with van der Waals surface area (Å²) in [6.45, 7) is 1.46. The number of hydrogen-bond donors (Lipinski definition) is 2. The summed E-state index contributed by atoms with van der Waals surface area (Å²) >= 11 is 0. The normalized spacial score (nSPS) is 24.6. The Labute approximate surface area is 101 Å². The second-order valence-electron chi connectivity index (χ2n) is 4.76. The van der Waals surface area contributed by atoms with Crippen molar-refractivity contribution in [1.82, 2.24) is 14.9 Å². The Hall–Kier alpha value is -1.40. The second-order valence-corrected chi connectivity index (χ2v) is 4.76. The minimum atomic E-state index is -0.311. The Morgan fingerprint density at radius 2 is 2.35 bits per heavy atom. The van der Waals surface area contributed by atoms with Gasteiger partial charge in [0, 0.05) is 19.1 Å². The summed E-state index contributed by atoms with van der Waals surface area (Å²) in [5.74, 6) is 0.725. The summed E-state index contributed by atoms with van der Waals surface area (Å²) in [6.07, 6.45) is 3.53. The fraction of sp³-hybridized carbons (Fsp3) is 0.636. The number of aliphatic hydroxyl groups is 1. The molecular weight excluding hydrogens is 218 g/mol. The fourth-order valence-corrected chi connectivity index (χ4v) is 2.32. The van der Waals surface area contributed by atoms with Gasteiger partial charge in [-0.1, -0.05) is 0 Å². The molecule has 17 heavy (non-hydrogen) atoms. The van der Waals surface area contributed by atoms with E-state index in [0.717, 1.165) is 18.8 Å². The standard InChI is InChI=1S/C11H19N5O/c1-15(2)5-8-3-9(17)6-16(8)11-10(12)4-13-7-14-11/h4,7-9,17H,3,5-6,12H2,1-2H3. The van der Waals surface area contributed by atoms with Crippen LogP contribution in [0.3, 0.4) is 0 Å². The first-order chi connectivity index (χ1) is 8.08. The number of aliphatic hydroxyl groups excluding tert-OH is 1. The van der Waals surface area contributed by atoms with Crippen LogP contribution in [0.5, 0.6) is 0 Å². The molecule has 2 rings (SSSR count). The molecule has 3 N–H and O–H groups in total. The molecule has 0 amide bonds. The molecule has 0 bridgehead atoms. The lowest BCUT2D eigenvalue weighted by Crippen LogP contribution is -2.38. The van der Waals surface area contributed by atoms with Gasteiger partial charge in [0.05, 0.1) is 18.0 Å². The van der Waals surface area contributed by atoms with Crippen LogP contribution in [0.25, 0.3) is 0 Å². The number of anilines is 2. The number of nitrogens with two attached hydrogens (primary N) is 1. The maximum Gasteiger partial charge on any atom is 0.155 e. The Balaban J connectivity index is 2.21. The number of β-amino-alcohol motifs (C(OH)–C–C–N with tert-alkyl or cyclic N) is 1. The van der Waals surface area contributed by atoms with Gasteiger partial charge in [0.15, 0.2) is 5.82 Å². The molecule has 1 aliphatic rings. The van der Waals surface area contributed by atoms with E-state index in [1.807, 2.05) is 14.1 Å². The highest BCUT2D eigenvalue weighted by atomic mass is 16.3. The summed E-state index contributed by atoms with van der Waals surface area (Å²) in [4.78, 5) is 12.3. The van der Waals surface area contributed by atoms with Crippen LogP contribution in [-0.2, 0) is 0 Å². The van der Waals surface area contributed by atoms with Crippen molar-refractivity contribution >= 4 is 11.5 Å². The van der Waals surface area contributed by atoms with Crippen LogP contribution >= 0.6 is 0 Å². The number of hydrogen-bond acceptors (Lipinski definition) is 6. The van der Waals surface area contributed by atoms with Crippen molar-refractivity contribution in [3.8, 4) is 0 Å². The van der Waals surface area contributed by atoms with Crippen LogP contribution in [0.1, 0.15) is 6.42 Å². The van der Waals surface area contributed by atoms with Gasteiger partial charge in [0.2, 0.25) is 0 Å². The van der Waals surface area contributed by atoms with Gasteiger partial charge in [0.25, 0.3) is 0 Å². The summed E-state index contributed by atoms with van der Waals surface area (Å²) < 4.78 is 0. The molecule has 1 aromatic rings. The van der Waals surface area contributed by atoms with Crippen LogP contribution in [-0.4, -0.2) is 59.3 Å². The Morgan fingerprint density at radius 1 is 1.59 bits per heavy atom. The van der Waals surface area contributed by atoms with E-state index in [1.54, 1.807) is 6.20 Å². The summed E-state index contributed by atoms with van der Waals surface area (Å²) in [7, 11) is 4.04. The summed E-state index contributed by atoms with van der Waals surface area (Å²) in [5, 5.41) is 9.79. The van der Waals surface area contributed by atoms with E-state index in [-0.39, 0.29) is 12.1 Å². The lowest BCUT2D eigenvalue weighted by atomic mass is 10.2. The van der Waals surface area contributed by atoms with E-state index in [9.17, 15) is 5.11 Å². The topological polar surface area (TPSA) is 78.5 Å². The molecular formula is C11H19N5O. The first kappa shape index (κ1) is 12.1. The highest BCUT2D eigenvalue weighted by Gasteiger charge is 2.32. The zero-order valence-corrected chi connectivity index (χ0v) is 10.2. The Kier molecular flexibility index (Phi) is 3.44. The average Bonchev–Trinajstić information content (AvgIpc) is 2.59. The van der Waals surface area contributed by atoms with E-state index in [0.29, 0.717) is 12.2 Å². The predicted molar refractivity (Wildman–Crippen MR) is 66.8 cm³/mol. The van der Waals surface area contributed by atoms with Gasteiger partial charge < -0.3 is 20.6 Å². The molecule has 1 aromatic heterocycles. The molecule has 0 radical (unpaired) electrons. The quantitative estimate of drug-likeness (QED) is 0.742. The minimum Gasteiger partial charge on any atom is -0.394 e. The highest BCUT2D eigenvalue weighted by Crippen LogP contribution is 2.27. The molecule has 0 saturated carbocycles. The van der Waals surface area contributed by atoms with Crippen LogP contribution < -0.4 is 10.6 Å². The average molecular weight is 237 g/mol. The molecule has 1 aliphatic heterocycles.